The number of pyridine rings is 2. The van der Waals surface area contributed by atoms with Crippen LogP contribution in [0.4, 0.5) is 10.1 Å². The zero-order chi connectivity index (χ0) is 19.8. The van der Waals surface area contributed by atoms with Crippen LogP contribution in [0.3, 0.4) is 0 Å². The van der Waals surface area contributed by atoms with Crippen molar-refractivity contribution >= 4 is 22.6 Å². The number of carbonyl (C=O) groups excluding carboxylic acids is 1. The second-order valence-electron chi connectivity index (χ2n) is 8.07. The lowest BCUT2D eigenvalue weighted by Gasteiger charge is -2.23. The van der Waals surface area contributed by atoms with Crippen molar-refractivity contribution in [2.45, 2.75) is 57.0 Å². The van der Waals surface area contributed by atoms with Gasteiger partial charge in [-0.15, -0.1) is 0 Å². The standard InChI is InChI=1S/C22H24FN5O/c23-15-10-14-8-9-28(21(14)25-12-15)20-11-19(26-17-6-7-17)18(13-24-20)22(29)27-16-4-2-1-3-5-16/h8-13,16-17H,1-7H2,(H,24,26)(H,27,29). The van der Waals surface area contributed by atoms with Crippen LogP contribution in [0.2, 0.25) is 0 Å². The highest BCUT2D eigenvalue weighted by molar-refractivity contribution is 6.00. The van der Waals surface area contributed by atoms with Crippen LogP contribution in [0.5, 0.6) is 0 Å². The molecule has 0 atom stereocenters. The molecule has 0 spiro atoms. The van der Waals surface area contributed by atoms with Crippen LogP contribution in [-0.4, -0.2) is 32.5 Å². The molecule has 0 aromatic carbocycles. The first-order valence-corrected chi connectivity index (χ1v) is 10.4. The number of carbonyl (C=O) groups is 1. The molecule has 3 aromatic rings. The van der Waals surface area contributed by atoms with E-state index in [0.29, 0.717) is 28.5 Å². The number of anilines is 1. The molecule has 3 aromatic heterocycles. The fourth-order valence-electron chi connectivity index (χ4n) is 4.02. The van der Waals surface area contributed by atoms with E-state index in [1.54, 1.807) is 6.20 Å². The predicted molar refractivity (Wildman–Crippen MR) is 110 cm³/mol. The maximum absolute atomic E-state index is 13.5. The first kappa shape index (κ1) is 18.1. The van der Waals surface area contributed by atoms with Crippen LogP contribution >= 0.6 is 0 Å². The minimum Gasteiger partial charge on any atom is -0.382 e. The molecule has 0 bridgehead atoms. The summed E-state index contributed by atoms with van der Waals surface area (Å²) in [7, 11) is 0. The zero-order valence-corrected chi connectivity index (χ0v) is 16.2. The van der Waals surface area contributed by atoms with E-state index >= 15 is 0 Å². The van der Waals surface area contributed by atoms with Gasteiger partial charge in [-0.3, -0.25) is 9.36 Å². The van der Waals surface area contributed by atoms with Crippen LogP contribution in [0.25, 0.3) is 16.9 Å². The topological polar surface area (TPSA) is 71.8 Å². The lowest BCUT2D eigenvalue weighted by atomic mass is 9.95. The third-order valence-corrected chi connectivity index (χ3v) is 5.75. The van der Waals surface area contributed by atoms with Gasteiger partial charge < -0.3 is 10.6 Å². The van der Waals surface area contributed by atoms with E-state index in [9.17, 15) is 9.18 Å². The molecule has 150 valence electrons. The number of aromatic nitrogens is 3. The molecule has 1 amide bonds. The quantitative estimate of drug-likeness (QED) is 0.682. The first-order valence-electron chi connectivity index (χ1n) is 10.4. The van der Waals surface area contributed by atoms with Crippen molar-refractivity contribution in [2.75, 3.05) is 5.32 Å². The molecule has 2 aliphatic carbocycles. The molecule has 29 heavy (non-hydrogen) atoms. The zero-order valence-electron chi connectivity index (χ0n) is 16.2. The second-order valence-corrected chi connectivity index (χ2v) is 8.07. The number of fused-ring (bicyclic) bond motifs is 1. The maximum Gasteiger partial charge on any atom is 0.255 e. The highest BCUT2D eigenvalue weighted by Gasteiger charge is 2.25. The molecule has 0 radical (unpaired) electrons. The summed E-state index contributed by atoms with van der Waals surface area (Å²) in [5.41, 5.74) is 1.99. The van der Waals surface area contributed by atoms with E-state index in [1.807, 2.05) is 22.9 Å². The number of hydrogen-bond donors (Lipinski definition) is 2. The van der Waals surface area contributed by atoms with Crippen molar-refractivity contribution in [3.63, 3.8) is 0 Å². The van der Waals surface area contributed by atoms with Crippen LogP contribution in [0.15, 0.2) is 36.8 Å². The average Bonchev–Trinajstić information content (AvgIpc) is 3.45. The Morgan fingerprint density at radius 2 is 1.86 bits per heavy atom. The molecule has 2 saturated carbocycles. The Kier molecular flexibility index (Phi) is 4.66. The van der Waals surface area contributed by atoms with Gasteiger partial charge >= 0.3 is 0 Å². The van der Waals surface area contributed by atoms with Crippen molar-refractivity contribution in [2.24, 2.45) is 0 Å². The van der Waals surface area contributed by atoms with E-state index in [2.05, 4.69) is 20.6 Å². The van der Waals surface area contributed by atoms with E-state index < -0.39 is 0 Å². The molecule has 5 rings (SSSR count). The predicted octanol–water partition coefficient (Wildman–Crippen LogP) is 4.20. The molecule has 3 heterocycles. The normalized spacial score (nSPS) is 17.4. The lowest BCUT2D eigenvalue weighted by molar-refractivity contribution is 0.0928. The van der Waals surface area contributed by atoms with Crippen molar-refractivity contribution < 1.29 is 9.18 Å². The minimum absolute atomic E-state index is 0.0725. The van der Waals surface area contributed by atoms with Gasteiger partial charge in [-0.05, 0) is 37.8 Å². The summed E-state index contributed by atoms with van der Waals surface area (Å²) in [6.45, 7) is 0. The summed E-state index contributed by atoms with van der Waals surface area (Å²) in [5, 5.41) is 7.36. The number of halogens is 1. The molecule has 0 aliphatic heterocycles. The number of hydrogen-bond acceptors (Lipinski definition) is 4. The SMILES string of the molecule is O=C(NC1CCCCC1)c1cnc(-n2ccc3cc(F)cnc32)cc1NC1CC1. The van der Waals surface area contributed by atoms with E-state index in [0.717, 1.165) is 31.4 Å². The number of nitrogens with zero attached hydrogens (tertiary/aromatic N) is 3. The Hall–Kier alpha value is -2.96. The average molecular weight is 393 g/mol. The minimum atomic E-state index is -0.367. The van der Waals surface area contributed by atoms with Crippen LogP contribution in [-0.2, 0) is 0 Å². The number of rotatable bonds is 5. The van der Waals surface area contributed by atoms with Crippen LogP contribution in [0.1, 0.15) is 55.3 Å². The monoisotopic (exact) mass is 393 g/mol. The molecule has 7 heteroatoms. The summed E-state index contributed by atoms with van der Waals surface area (Å²) in [6.07, 6.45) is 12.5. The molecular weight excluding hydrogens is 369 g/mol. The maximum atomic E-state index is 13.5. The molecule has 2 aliphatic rings. The Morgan fingerprint density at radius 3 is 2.66 bits per heavy atom. The third kappa shape index (κ3) is 3.81. The summed E-state index contributed by atoms with van der Waals surface area (Å²) in [6, 6.07) is 5.80. The van der Waals surface area contributed by atoms with Gasteiger partial charge in [-0.1, -0.05) is 19.3 Å². The van der Waals surface area contributed by atoms with E-state index in [4.69, 9.17) is 0 Å². The van der Waals surface area contributed by atoms with Crippen LogP contribution < -0.4 is 10.6 Å². The summed E-state index contributed by atoms with van der Waals surface area (Å²) >= 11 is 0. The Bertz CT molecular complexity index is 1050. The largest absolute Gasteiger partial charge is 0.382 e. The Labute approximate surface area is 168 Å². The van der Waals surface area contributed by atoms with Crippen molar-refractivity contribution in [1.29, 1.82) is 0 Å². The Morgan fingerprint density at radius 1 is 1.03 bits per heavy atom. The summed E-state index contributed by atoms with van der Waals surface area (Å²) in [5.74, 6) is 0.210. The van der Waals surface area contributed by atoms with Gasteiger partial charge in [0, 0.05) is 35.9 Å². The molecule has 2 N–H and O–H groups in total. The molecular formula is C22H24FN5O. The van der Waals surface area contributed by atoms with E-state index in [-0.39, 0.29) is 17.8 Å². The second kappa shape index (κ2) is 7.46. The van der Waals surface area contributed by atoms with Gasteiger partial charge in [-0.25, -0.2) is 14.4 Å². The van der Waals surface area contributed by atoms with Crippen molar-refractivity contribution in [1.82, 2.24) is 19.9 Å². The summed E-state index contributed by atoms with van der Waals surface area (Å²) in [4.78, 5) is 21.7. The van der Waals surface area contributed by atoms with E-state index in [1.165, 1.54) is 31.5 Å². The van der Waals surface area contributed by atoms with Crippen molar-refractivity contribution in [3.8, 4) is 5.82 Å². The molecule has 0 saturated heterocycles. The summed E-state index contributed by atoms with van der Waals surface area (Å²) < 4.78 is 15.3. The molecule has 6 nitrogen and oxygen atoms in total. The van der Waals surface area contributed by atoms with Gasteiger partial charge in [-0.2, -0.15) is 0 Å². The fourth-order valence-corrected chi connectivity index (χ4v) is 4.02. The molecule has 2 fully saturated rings. The van der Waals surface area contributed by atoms with Gasteiger partial charge in [0.25, 0.3) is 5.91 Å². The van der Waals surface area contributed by atoms with Gasteiger partial charge in [0.05, 0.1) is 17.4 Å². The van der Waals surface area contributed by atoms with Crippen LogP contribution in [0, 0.1) is 5.82 Å². The van der Waals surface area contributed by atoms with Gasteiger partial charge in [0.1, 0.15) is 17.3 Å². The number of amides is 1. The lowest BCUT2D eigenvalue weighted by Crippen LogP contribution is -2.36. The smallest absolute Gasteiger partial charge is 0.255 e. The molecule has 0 unspecified atom stereocenters. The first-order chi connectivity index (χ1) is 14.2. The number of nitrogens with one attached hydrogen (secondary N) is 2. The highest BCUT2D eigenvalue weighted by atomic mass is 19.1. The highest BCUT2D eigenvalue weighted by Crippen LogP contribution is 2.29. The fraction of sp³-hybridized carbons (Fsp3) is 0.409. The Balaban J connectivity index is 1.47. The van der Waals surface area contributed by atoms with Gasteiger partial charge in [0.15, 0.2) is 0 Å². The van der Waals surface area contributed by atoms with Crippen molar-refractivity contribution in [3.05, 3.63) is 48.2 Å². The third-order valence-electron chi connectivity index (χ3n) is 5.75. The van der Waals surface area contributed by atoms with Gasteiger partial charge in [0.2, 0.25) is 0 Å².